The van der Waals surface area contributed by atoms with E-state index in [1.54, 1.807) is 6.07 Å². The van der Waals surface area contributed by atoms with E-state index in [0.29, 0.717) is 17.0 Å². The number of rotatable bonds is 6. The monoisotopic (exact) mass is 367 g/mol. The maximum Gasteiger partial charge on any atom is 0.225 e. The number of nitrogens with zero attached hydrogens (tertiary/aromatic N) is 1. The van der Waals surface area contributed by atoms with Crippen LogP contribution < -0.4 is 0 Å². The molecule has 2 nitrogen and oxygen atoms in total. The highest BCUT2D eigenvalue weighted by Crippen LogP contribution is 2.31. The van der Waals surface area contributed by atoms with E-state index in [1.807, 2.05) is 12.1 Å². The maximum atomic E-state index is 12.7. The van der Waals surface area contributed by atoms with Crippen molar-refractivity contribution in [3.05, 3.63) is 33.8 Å². The summed E-state index contributed by atoms with van der Waals surface area (Å²) in [6, 6.07) is 6.24. The van der Waals surface area contributed by atoms with E-state index in [0.717, 1.165) is 49.2 Å². The second-order valence-electron chi connectivity index (χ2n) is 7.29. The highest BCUT2D eigenvalue weighted by Gasteiger charge is 2.35. The van der Waals surface area contributed by atoms with E-state index in [-0.39, 0.29) is 5.92 Å². The van der Waals surface area contributed by atoms with Gasteiger partial charge in [0.15, 0.2) is 0 Å². The molecule has 1 heterocycles. The number of aryl methyl sites for hydroxylation is 1. The van der Waals surface area contributed by atoms with Crippen LogP contribution in [0.2, 0.25) is 10.0 Å². The first-order chi connectivity index (χ1) is 11.6. The molecule has 1 atom stereocenters. The average Bonchev–Trinajstić information content (AvgIpc) is 2.95. The first-order valence-corrected chi connectivity index (χ1v) is 10.1. The molecule has 0 N–H and O–H groups in total. The molecule has 0 bridgehead atoms. The van der Waals surface area contributed by atoms with Crippen molar-refractivity contribution < 1.29 is 4.79 Å². The second kappa shape index (κ2) is 8.58. The first kappa shape index (κ1) is 18.1. The van der Waals surface area contributed by atoms with Gasteiger partial charge in [0.25, 0.3) is 0 Å². The van der Waals surface area contributed by atoms with Crippen molar-refractivity contribution in [2.45, 2.75) is 70.3 Å². The van der Waals surface area contributed by atoms with Crippen molar-refractivity contribution in [1.29, 1.82) is 0 Å². The van der Waals surface area contributed by atoms with Crippen LogP contribution in [0.15, 0.2) is 18.2 Å². The topological polar surface area (TPSA) is 20.3 Å². The summed E-state index contributed by atoms with van der Waals surface area (Å²) in [6.45, 7) is 0.983. The van der Waals surface area contributed by atoms with Crippen molar-refractivity contribution in [3.8, 4) is 0 Å². The zero-order valence-corrected chi connectivity index (χ0v) is 15.8. The number of likely N-dealkylation sites (tertiary alicyclic amines) is 1. The Balaban J connectivity index is 1.41. The second-order valence-corrected chi connectivity index (χ2v) is 8.13. The Bertz CT molecular complexity index is 569. The van der Waals surface area contributed by atoms with Crippen LogP contribution in [0, 0.1) is 5.92 Å². The molecule has 1 aliphatic carbocycles. The minimum atomic E-state index is 0.257. The molecule has 24 heavy (non-hydrogen) atoms. The average molecular weight is 368 g/mol. The van der Waals surface area contributed by atoms with Gasteiger partial charge in [0.1, 0.15) is 0 Å². The maximum absolute atomic E-state index is 12.7. The van der Waals surface area contributed by atoms with Crippen molar-refractivity contribution in [2.75, 3.05) is 6.54 Å². The van der Waals surface area contributed by atoms with Gasteiger partial charge in [0.2, 0.25) is 5.91 Å². The molecule has 1 aliphatic heterocycles. The number of amides is 1. The molecule has 1 aromatic rings. The molecule has 1 saturated heterocycles. The van der Waals surface area contributed by atoms with Gasteiger partial charge in [0, 0.05) is 28.5 Å². The quantitative estimate of drug-likeness (QED) is 0.574. The van der Waals surface area contributed by atoms with Crippen LogP contribution in [0.5, 0.6) is 0 Å². The highest BCUT2D eigenvalue weighted by atomic mass is 35.5. The highest BCUT2D eigenvalue weighted by molar-refractivity contribution is 6.35. The third-order valence-electron chi connectivity index (χ3n) is 5.63. The van der Waals surface area contributed by atoms with Gasteiger partial charge in [-0.15, -0.1) is 0 Å². The van der Waals surface area contributed by atoms with Crippen molar-refractivity contribution in [2.24, 2.45) is 5.92 Å². The predicted molar refractivity (Wildman–Crippen MR) is 101 cm³/mol. The Hall–Kier alpha value is -0.730. The van der Waals surface area contributed by atoms with Gasteiger partial charge in [-0.1, -0.05) is 55.0 Å². The fraction of sp³-hybridized carbons (Fsp3) is 0.650. The number of halogens is 2. The molecular formula is C20H27Cl2NO. The van der Waals surface area contributed by atoms with Crippen LogP contribution in [0.4, 0.5) is 0 Å². The minimum Gasteiger partial charge on any atom is -0.339 e. The van der Waals surface area contributed by atoms with Crippen molar-refractivity contribution in [3.63, 3.8) is 0 Å². The molecule has 0 spiro atoms. The number of hydrogen-bond donors (Lipinski definition) is 0. The standard InChI is InChI=1S/C20H27Cl2NO/c21-17-11-10-15(19(22)14-17)6-4-5-7-16-12-13-23(20(16)24)18-8-2-1-3-9-18/h10-11,14,16,18H,1-9,12-13H2. The molecule has 1 amide bonds. The molecule has 0 aromatic heterocycles. The van der Waals surface area contributed by atoms with E-state index < -0.39 is 0 Å². The summed E-state index contributed by atoms with van der Waals surface area (Å²) >= 11 is 12.2. The summed E-state index contributed by atoms with van der Waals surface area (Å²) in [4.78, 5) is 14.8. The number of benzene rings is 1. The number of hydrogen-bond acceptors (Lipinski definition) is 1. The van der Waals surface area contributed by atoms with Crippen LogP contribution in [-0.4, -0.2) is 23.4 Å². The Morgan fingerprint density at radius 2 is 1.83 bits per heavy atom. The van der Waals surface area contributed by atoms with Crippen LogP contribution >= 0.6 is 23.2 Å². The molecule has 2 fully saturated rings. The largest absolute Gasteiger partial charge is 0.339 e. The lowest BCUT2D eigenvalue weighted by molar-refractivity contribution is -0.133. The van der Waals surface area contributed by atoms with Crippen molar-refractivity contribution in [1.82, 2.24) is 4.90 Å². The molecule has 3 rings (SSSR count). The predicted octanol–water partition coefficient (Wildman–Crippen LogP) is 5.89. The lowest BCUT2D eigenvalue weighted by atomic mass is 9.94. The summed E-state index contributed by atoms with van der Waals surface area (Å²) in [5, 5.41) is 1.44. The van der Waals surface area contributed by atoms with E-state index in [1.165, 1.54) is 32.1 Å². The lowest BCUT2D eigenvalue weighted by Gasteiger charge is -2.31. The lowest BCUT2D eigenvalue weighted by Crippen LogP contribution is -2.38. The van der Waals surface area contributed by atoms with Gasteiger partial charge < -0.3 is 4.90 Å². The molecule has 4 heteroatoms. The molecule has 2 aliphatic rings. The molecule has 1 aromatic carbocycles. The Morgan fingerprint density at radius 1 is 1.04 bits per heavy atom. The Morgan fingerprint density at radius 3 is 2.58 bits per heavy atom. The van der Waals surface area contributed by atoms with E-state index in [4.69, 9.17) is 23.2 Å². The summed E-state index contributed by atoms with van der Waals surface area (Å²) < 4.78 is 0. The molecule has 1 unspecified atom stereocenters. The van der Waals surface area contributed by atoms with Crippen LogP contribution in [0.1, 0.15) is 63.4 Å². The van der Waals surface area contributed by atoms with Crippen molar-refractivity contribution >= 4 is 29.1 Å². The van der Waals surface area contributed by atoms with Gasteiger partial charge in [0.05, 0.1) is 0 Å². The molecule has 0 radical (unpaired) electrons. The summed E-state index contributed by atoms with van der Waals surface area (Å²) in [5.74, 6) is 0.680. The summed E-state index contributed by atoms with van der Waals surface area (Å²) in [6.07, 6.45) is 11.6. The van der Waals surface area contributed by atoms with Crippen LogP contribution in [0.25, 0.3) is 0 Å². The fourth-order valence-electron chi connectivity index (χ4n) is 4.22. The number of carbonyl (C=O) groups excluding carboxylic acids is 1. The molecular weight excluding hydrogens is 341 g/mol. The third-order valence-corrected chi connectivity index (χ3v) is 6.22. The number of carbonyl (C=O) groups is 1. The fourth-order valence-corrected chi connectivity index (χ4v) is 4.72. The zero-order chi connectivity index (χ0) is 16.9. The minimum absolute atomic E-state index is 0.257. The Labute approximate surface area is 155 Å². The van der Waals surface area contributed by atoms with E-state index in [9.17, 15) is 4.79 Å². The first-order valence-electron chi connectivity index (χ1n) is 9.39. The zero-order valence-electron chi connectivity index (χ0n) is 14.3. The van der Waals surface area contributed by atoms with Gasteiger partial charge in [-0.2, -0.15) is 0 Å². The summed E-state index contributed by atoms with van der Waals surface area (Å²) in [7, 11) is 0. The third kappa shape index (κ3) is 4.46. The van der Waals surface area contributed by atoms with Crippen LogP contribution in [0.3, 0.4) is 0 Å². The summed E-state index contributed by atoms with van der Waals surface area (Å²) in [5.41, 5.74) is 1.16. The van der Waals surface area contributed by atoms with Gasteiger partial charge in [-0.05, 0) is 56.2 Å². The van der Waals surface area contributed by atoms with Gasteiger partial charge in [-0.25, -0.2) is 0 Å². The van der Waals surface area contributed by atoms with Gasteiger partial charge in [-0.3, -0.25) is 4.79 Å². The smallest absolute Gasteiger partial charge is 0.225 e. The molecule has 1 saturated carbocycles. The van der Waals surface area contributed by atoms with Gasteiger partial charge >= 0.3 is 0 Å². The van der Waals surface area contributed by atoms with E-state index >= 15 is 0 Å². The van der Waals surface area contributed by atoms with Crippen LogP contribution in [-0.2, 0) is 11.2 Å². The van der Waals surface area contributed by atoms with E-state index in [2.05, 4.69) is 4.90 Å². The molecule has 132 valence electrons. The number of unbranched alkanes of at least 4 members (excludes halogenated alkanes) is 1. The normalized spacial score (nSPS) is 22.3. The SMILES string of the molecule is O=C1C(CCCCc2ccc(Cl)cc2Cl)CCN1C1CCCCC1. The Kier molecular flexibility index (Phi) is 6.46.